The van der Waals surface area contributed by atoms with Crippen LogP contribution in [0.3, 0.4) is 0 Å². The molecule has 0 unspecified atom stereocenters. The molecule has 0 aromatic heterocycles. The largest absolute Gasteiger partial charge is 0.393 e. The molecule has 0 saturated heterocycles. The van der Waals surface area contributed by atoms with Gasteiger partial charge in [-0.2, -0.15) is 0 Å². The highest BCUT2D eigenvalue weighted by Crippen LogP contribution is 2.19. The second-order valence-electron chi connectivity index (χ2n) is 6.31. The Kier molecular flexibility index (Phi) is 12.0. The standard InChI is InChI=1S/C17H36O/c1-5-6-7-8-9-10-12-15(2)13-11-14-16(3)17(4)18/h15-18H,5-14H2,1-4H3/t15-,16-,17-/m1/s1. The van der Waals surface area contributed by atoms with Gasteiger partial charge in [0.2, 0.25) is 0 Å². The SMILES string of the molecule is CCCCCCCC[C@@H](C)CCC[C@@H](C)[C@@H](C)O. The molecule has 0 radical (unpaired) electrons. The van der Waals surface area contributed by atoms with Crippen molar-refractivity contribution in [1.29, 1.82) is 0 Å². The predicted molar refractivity (Wildman–Crippen MR) is 81.9 cm³/mol. The number of hydrogen-bond donors (Lipinski definition) is 1. The van der Waals surface area contributed by atoms with E-state index in [4.69, 9.17) is 0 Å². The van der Waals surface area contributed by atoms with Gasteiger partial charge in [0.15, 0.2) is 0 Å². The maximum Gasteiger partial charge on any atom is 0.0537 e. The minimum atomic E-state index is -0.140. The van der Waals surface area contributed by atoms with Gasteiger partial charge in [0.25, 0.3) is 0 Å². The first-order valence-corrected chi connectivity index (χ1v) is 8.26. The zero-order chi connectivity index (χ0) is 13.8. The number of unbranched alkanes of at least 4 members (excludes halogenated alkanes) is 5. The normalized spacial score (nSPS) is 16.5. The first-order chi connectivity index (χ1) is 8.57. The molecule has 0 heterocycles. The van der Waals surface area contributed by atoms with Crippen molar-refractivity contribution in [2.75, 3.05) is 0 Å². The van der Waals surface area contributed by atoms with Crippen molar-refractivity contribution < 1.29 is 5.11 Å². The molecule has 0 spiro atoms. The van der Waals surface area contributed by atoms with Gasteiger partial charge in [-0.15, -0.1) is 0 Å². The van der Waals surface area contributed by atoms with E-state index in [1.807, 2.05) is 6.92 Å². The maximum absolute atomic E-state index is 9.43. The molecule has 0 aromatic rings. The summed E-state index contributed by atoms with van der Waals surface area (Å²) in [4.78, 5) is 0. The molecule has 0 saturated carbocycles. The molecule has 0 amide bonds. The summed E-state index contributed by atoms with van der Waals surface area (Å²) in [6, 6.07) is 0. The zero-order valence-electron chi connectivity index (χ0n) is 13.3. The fourth-order valence-corrected chi connectivity index (χ4v) is 2.45. The van der Waals surface area contributed by atoms with Crippen LogP contribution in [0, 0.1) is 11.8 Å². The average molecular weight is 256 g/mol. The summed E-state index contributed by atoms with van der Waals surface area (Å²) in [5.74, 6) is 1.34. The van der Waals surface area contributed by atoms with E-state index in [0.29, 0.717) is 5.92 Å². The van der Waals surface area contributed by atoms with Gasteiger partial charge in [0.05, 0.1) is 6.10 Å². The molecule has 0 rings (SSSR count). The van der Waals surface area contributed by atoms with Crippen LogP contribution in [0.1, 0.15) is 91.9 Å². The molecule has 3 atom stereocenters. The fourth-order valence-electron chi connectivity index (χ4n) is 2.45. The van der Waals surface area contributed by atoms with E-state index in [2.05, 4.69) is 20.8 Å². The summed E-state index contributed by atoms with van der Waals surface area (Å²) in [6.07, 6.45) is 13.5. The van der Waals surface area contributed by atoms with Crippen molar-refractivity contribution in [2.24, 2.45) is 11.8 Å². The number of aliphatic hydroxyl groups excluding tert-OH is 1. The molecule has 0 fully saturated rings. The maximum atomic E-state index is 9.43. The topological polar surface area (TPSA) is 20.2 Å². The Morgan fingerprint density at radius 2 is 1.28 bits per heavy atom. The summed E-state index contributed by atoms with van der Waals surface area (Å²) >= 11 is 0. The Labute approximate surface area is 115 Å². The van der Waals surface area contributed by atoms with Crippen LogP contribution >= 0.6 is 0 Å². The van der Waals surface area contributed by atoms with Gasteiger partial charge >= 0.3 is 0 Å². The van der Waals surface area contributed by atoms with Gasteiger partial charge in [-0.05, 0) is 25.2 Å². The minimum Gasteiger partial charge on any atom is -0.393 e. The van der Waals surface area contributed by atoms with Gasteiger partial charge in [0, 0.05) is 0 Å². The first kappa shape index (κ1) is 18.0. The van der Waals surface area contributed by atoms with Gasteiger partial charge < -0.3 is 5.11 Å². The zero-order valence-corrected chi connectivity index (χ0v) is 13.3. The Hall–Kier alpha value is -0.0400. The van der Waals surface area contributed by atoms with E-state index in [0.717, 1.165) is 5.92 Å². The van der Waals surface area contributed by atoms with Crippen LogP contribution in [0.5, 0.6) is 0 Å². The number of rotatable bonds is 12. The third kappa shape index (κ3) is 11.1. The van der Waals surface area contributed by atoms with Gasteiger partial charge in [0.1, 0.15) is 0 Å². The lowest BCUT2D eigenvalue weighted by atomic mass is 9.93. The molecular formula is C17H36O. The monoisotopic (exact) mass is 256 g/mol. The van der Waals surface area contributed by atoms with Gasteiger partial charge in [-0.3, -0.25) is 0 Å². The average Bonchev–Trinajstić information content (AvgIpc) is 2.33. The summed E-state index contributed by atoms with van der Waals surface area (Å²) < 4.78 is 0. The van der Waals surface area contributed by atoms with Crippen molar-refractivity contribution >= 4 is 0 Å². The molecule has 0 aliphatic carbocycles. The van der Waals surface area contributed by atoms with Crippen molar-refractivity contribution in [3.8, 4) is 0 Å². The molecule has 1 N–H and O–H groups in total. The van der Waals surface area contributed by atoms with Crippen molar-refractivity contribution in [2.45, 2.75) is 98.0 Å². The van der Waals surface area contributed by atoms with E-state index >= 15 is 0 Å². The number of hydrogen-bond acceptors (Lipinski definition) is 1. The molecule has 1 nitrogen and oxygen atoms in total. The molecule has 18 heavy (non-hydrogen) atoms. The van der Waals surface area contributed by atoms with Crippen LogP contribution in [0.15, 0.2) is 0 Å². The van der Waals surface area contributed by atoms with Crippen LogP contribution < -0.4 is 0 Å². The third-order valence-corrected chi connectivity index (χ3v) is 4.23. The lowest BCUT2D eigenvalue weighted by Crippen LogP contribution is -2.13. The van der Waals surface area contributed by atoms with Crippen molar-refractivity contribution in [1.82, 2.24) is 0 Å². The molecule has 0 aliphatic rings. The van der Waals surface area contributed by atoms with Crippen molar-refractivity contribution in [3.63, 3.8) is 0 Å². The Morgan fingerprint density at radius 3 is 1.89 bits per heavy atom. The molecule has 0 bridgehead atoms. The van der Waals surface area contributed by atoms with E-state index in [1.54, 1.807) is 0 Å². The summed E-state index contributed by atoms with van der Waals surface area (Å²) in [7, 11) is 0. The second-order valence-corrected chi connectivity index (χ2v) is 6.31. The molecule has 110 valence electrons. The van der Waals surface area contributed by atoms with E-state index in [1.165, 1.54) is 64.2 Å². The van der Waals surface area contributed by atoms with E-state index in [9.17, 15) is 5.11 Å². The Bertz CT molecular complexity index is 165. The lowest BCUT2D eigenvalue weighted by Gasteiger charge is -2.16. The quantitative estimate of drug-likeness (QED) is 0.453. The molecule has 0 aromatic carbocycles. The molecular weight excluding hydrogens is 220 g/mol. The third-order valence-electron chi connectivity index (χ3n) is 4.23. The van der Waals surface area contributed by atoms with Crippen LogP contribution in [-0.4, -0.2) is 11.2 Å². The highest BCUT2D eigenvalue weighted by atomic mass is 16.3. The van der Waals surface area contributed by atoms with Crippen LogP contribution in [0.2, 0.25) is 0 Å². The Morgan fingerprint density at radius 1 is 0.722 bits per heavy atom. The smallest absolute Gasteiger partial charge is 0.0537 e. The van der Waals surface area contributed by atoms with E-state index < -0.39 is 0 Å². The fraction of sp³-hybridized carbons (Fsp3) is 1.00. The second kappa shape index (κ2) is 12.0. The highest BCUT2D eigenvalue weighted by Gasteiger charge is 2.09. The lowest BCUT2D eigenvalue weighted by molar-refractivity contribution is 0.127. The predicted octanol–water partition coefficient (Wildman–Crippen LogP) is 5.56. The Balaban J connectivity index is 3.29. The minimum absolute atomic E-state index is 0.140. The van der Waals surface area contributed by atoms with Crippen LogP contribution in [-0.2, 0) is 0 Å². The molecule has 0 aliphatic heterocycles. The van der Waals surface area contributed by atoms with Crippen LogP contribution in [0.4, 0.5) is 0 Å². The van der Waals surface area contributed by atoms with E-state index in [-0.39, 0.29) is 6.10 Å². The van der Waals surface area contributed by atoms with Crippen molar-refractivity contribution in [3.05, 3.63) is 0 Å². The van der Waals surface area contributed by atoms with Gasteiger partial charge in [-0.25, -0.2) is 0 Å². The molecule has 1 heteroatoms. The summed E-state index contributed by atoms with van der Waals surface area (Å²) in [5.41, 5.74) is 0. The summed E-state index contributed by atoms with van der Waals surface area (Å²) in [5, 5.41) is 9.43. The number of aliphatic hydroxyl groups is 1. The highest BCUT2D eigenvalue weighted by molar-refractivity contribution is 4.61. The first-order valence-electron chi connectivity index (χ1n) is 8.26. The summed E-state index contributed by atoms with van der Waals surface area (Å²) in [6.45, 7) is 8.73. The van der Waals surface area contributed by atoms with Crippen LogP contribution in [0.25, 0.3) is 0 Å². The van der Waals surface area contributed by atoms with Gasteiger partial charge in [-0.1, -0.05) is 78.6 Å².